The Labute approximate surface area is 148 Å². The van der Waals surface area contributed by atoms with Gasteiger partial charge in [0.1, 0.15) is 10.6 Å². The average molecular weight is 384 g/mol. The molecule has 0 aliphatic carbocycles. The van der Waals surface area contributed by atoms with E-state index in [1.54, 1.807) is 26.0 Å². The Balaban J connectivity index is 2.52. The Hall–Kier alpha value is -2.10. The van der Waals surface area contributed by atoms with Crippen molar-refractivity contribution in [3.63, 3.8) is 0 Å². The molecule has 136 valence electrons. The van der Waals surface area contributed by atoms with Gasteiger partial charge in [0.2, 0.25) is 10.0 Å². The monoisotopic (exact) mass is 384 g/mol. The van der Waals surface area contributed by atoms with Gasteiger partial charge in [-0.3, -0.25) is 4.72 Å². The normalized spacial score (nSPS) is 12.0. The first-order valence-corrected chi connectivity index (χ1v) is 10.3. The maximum absolute atomic E-state index is 12.8. The van der Waals surface area contributed by atoms with Gasteiger partial charge in [0, 0.05) is 0 Å². The van der Waals surface area contributed by atoms with Crippen LogP contribution in [0.3, 0.4) is 0 Å². The molecule has 0 aliphatic rings. The maximum Gasteiger partial charge on any atom is 0.265 e. The van der Waals surface area contributed by atoms with Crippen LogP contribution >= 0.6 is 0 Å². The number of benzene rings is 2. The van der Waals surface area contributed by atoms with E-state index in [9.17, 15) is 16.8 Å². The zero-order valence-corrected chi connectivity index (χ0v) is 16.0. The lowest BCUT2D eigenvalue weighted by atomic mass is 10.2. The number of aryl methyl sites for hydroxylation is 2. The Morgan fingerprint density at radius 2 is 1.60 bits per heavy atom. The van der Waals surface area contributed by atoms with E-state index in [0.717, 1.165) is 5.56 Å². The van der Waals surface area contributed by atoms with Gasteiger partial charge in [0.05, 0.1) is 17.7 Å². The number of anilines is 1. The lowest BCUT2D eigenvalue weighted by molar-refractivity contribution is 0.402. The summed E-state index contributed by atoms with van der Waals surface area (Å²) in [6, 6.07) is 9.02. The fraction of sp³-hybridized carbons (Fsp3) is 0.250. The van der Waals surface area contributed by atoms with E-state index in [-0.39, 0.29) is 21.2 Å². The summed E-state index contributed by atoms with van der Waals surface area (Å²) >= 11 is 0. The van der Waals surface area contributed by atoms with Gasteiger partial charge in [-0.2, -0.15) is 0 Å². The lowest BCUT2D eigenvalue weighted by Gasteiger charge is -2.14. The van der Waals surface area contributed by atoms with Crippen LogP contribution in [0.2, 0.25) is 0 Å². The van der Waals surface area contributed by atoms with Gasteiger partial charge in [-0.15, -0.1) is 0 Å². The molecule has 9 heteroatoms. The lowest BCUT2D eigenvalue weighted by Crippen LogP contribution is -2.20. The maximum atomic E-state index is 12.8. The Bertz CT molecular complexity index is 999. The van der Waals surface area contributed by atoms with Crippen LogP contribution in [0.25, 0.3) is 0 Å². The molecule has 0 heterocycles. The summed E-state index contributed by atoms with van der Waals surface area (Å²) in [6.07, 6.45) is 0. The van der Waals surface area contributed by atoms with Crippen LogP contribution in [0.5, 0.6) is 5.75 Å². The predicted octanol–water partition coefficient (Wildman–Crippen LogP) is 2.02. The SMILES string of the molecule is CNS(=O)(=O)c1ccc(C)c(NS(=O)(=O)c2cc(C)ccc2OC)c1. The number of nitrogens with one attached hydrogen (secondary N) is 2. The van der Waals surface area contributed by atoms with E-state index < -0.39 is 20.0 Å². The van der Waals surface area contributed by atoms with Gasteiger partial charge in [0.15, 0.2) is 0 Å². The van der Waals surface area contributed by atoms with E-state index in [4.69, 9.17) is 4.74 Å². The highest BCUT2D eigenvalue weighted by Crippen LogP contribution is 2.28. The molecule has 0 spiro atoms. The molecule has 0 radical (unpaired) electrons. The Kier molecular flexibility index (Phi) is 5.40. The van der Waals surface area contributed by atoms with Crippen LogP contribution in [-0.4, -0.2) is 31.0 Å². The third kappa shape index (κ3) is 4.12. The summed E-state index contributed by atoms with van der Waals surface area (Å²) in [6.45, 7) is 3.45. The molecule has 2 N–H and O–H groups in total. The molecule has 25 heavy (non-hydrogen) atoms. The van der Waals surface area contributed by atoms with Crippen LogP contribution < -0.4 is 14.2 Å². The molecule has 0 atom stereocenters. The second kappa shape index (κ2) is 7.03. The molecule has 2 rings (SSSR count). The van der Waals surface area contributed by atoms with Crippen LogP contribution in [0.4, 0.5) is 5.69 Å². The van der Waals surface area contributed by atoms with Gasteiger partial charge >= 0.3 is 0 Å². The van der Waals surface area contributed by atoms with Crippen molar-refractivity contribution in [2.24, 2.45) is 0 Å². The van der Waals surface area contributed by atoms with Crippen molar-refractivity contribution < 1.29 is 21.6 Å². The topological polar surface area (TPSA) is 102 Å². The van der Waals surface area contributed by atoms with Gasteiger partial charge in [-0.25, -0.2) is 21.6 Å². The highest BCUT2D eigenvalue weighted by atomic mass is 32.2. The van der Waals surface area contributed by atoms with Crippen LogP contribution in [0.1, 0.15) is 11.1 Å². The second-order valence-corrected chi connectivity index (χ2v) is 8.98. The smallest absolute Gasteiger partial charge is 0.265 e. The van der Waals surface area contributed by atoms with Crippen molar-refractivity contribution in [3.8, 4) is 5.75 Å². The molecule has 0 unspecified atom stereocenters. The molecule has 2 aromatic rings. The minimum absolute atomic E-state index is 0.0173. The van der Waals surface area contributed by atoms with Crippen molar-refractivity contribution >= 4 is 25.7 Å². The highest BCUT2D eigenvalue weighted by molar-refractivity contribution is 7.92. The number of methoxy groups -OCH3 is 1. The van der Waals surface area contributed by atoms with Gasteiger partial charge in [-0.1, -0.05) is 12.1 Å². The molecule has 7 nitrogen and oxygen atoms in total. The standard InChI is InChI=1S/C16H20N2O5S2/c1-11-5-8-15(23-4)16(9-11)25(21,22)18-14-10-13(7-6-12(14)2)24(19,20)17-3/h5-10,17-18H,1-4H3. The van der Waals surface area contributed by atoms with Crippen molar-refractivity contribution in [2.45, 2.75) is 23.6 Å². The number of hydrogen-bond acceptors (Lipinski definition) is 5. The summed E-state index contributed by atoms with van der Waals surface area (Å²) in [4.78, 5) is -0.0502. The molecular weight excluding hydrogens is 364 g/mol. The first kappa shape index (κ1) is 19.2. The van der Waals surface area contributed by atoms with Crippen molar-refractivity contribution in [3.05, 3.63) is 47.5 Å². The minimum Gasteiger partial charge on any atom is -0.495 e. The molecular formula is C16H20N2O5S2. The molecule has 0 amide bonds. The third-order valence-electron chi connectivity index (χ3n) is 3.64. The van der Waals surface area contributed by atoms with Gasteiger partial charge in [-0.05, 0) is 56.3 Å². The molecule has 0 saturated heterocycles. The van der Waals surface area contributed by atoms with E-state index >= 15 is 0 Å². The summed E-state index contributed by atoms with van der Waals surface area (Å²) in [7, 11) is -4.97. The van der Waals surface area contributed by atoms with E-state index in [0.29, 0.717) is 5.56 Å². The number of ether oxygens (including phenoxy) is 1. The first-order chi connectivity index (χ1) is 11.6. The summed E-state index contributed by atoms with van der Waals surface area (Å²) < 4.78 is 59.2. The summed E-state index contributed by atoms with van der Waals surface area (Å²) in [5.74, 6) is 0.203. The highest BCUT2D eigenvalue weighted by Gasteiger charge is 2.22. The van der Waals surface area contributed by atoms with Crippen molar-refractivity contribution in [2.75, 3.05) is 18.9 Å². The molecule has 0 aromatic heterocycles. The minimum atomic E-state index is -3.96. The van der Waals surface area contributed by atoms with Gasteiger partial charge in [0.25, 0.3) is 10.0 Å². The zero-order chi connectivity index (χ0) is 18.8. The zero-order valence-electron chi connectivity index (χ0n) is 14.3. The molecule has 0 aliphatic heterocycles. The number of rotatable bonds is 6. The van der Waals surface area contributed by atoms with E-state index in [2.05, 4.69) is 9.44 Å². The predicted molar refractivity (Wildman–Crippen MR) is 96.0 cm³/mol. The molecule has 2 aromatic carbocycles. The Morgan fingerprint density at radius 1 is 0.920 bits per heavy atom. The van der Waals surface area contributed by atoms with Gasteiger partial charge < -0.3 is 4.74 Å². The number of hydrogen-bond donors (Lipinski definition) is 2. The summed E-state index contributed by atoms with van der Waals surface area (Å²) in [5, 5.41) is 0. The van der Waals surface area contributed by atoms with E-state index in [1.807, 2.05) is 0 Å². The fourth-order valence-electron chi connectivity index (χ4n) is 2.19. The average Bonchev–Trinajstić information content (AvgIpc) is 2.56. The fourth-order valence-corrected chi connectivity index (χ4v) is 4.32. The largest absolute Gasteiger partial charge is 0.495 e. The van der Waals surface area contributed by atoms with Crippen LogP contribution in [0, 0.1) is 13.8 Å². The third-order valence-corrected chi connectivity index (χ3v) is 6.44. The van der Waals surface area contributed by atoms with E-state index in [1.165, 1.54) is 38.4 Å². The molecule has 0 bridgehead atoms. The number of sulfonamides is 2. The van der Waals surface area contributed by atoms with Crippen LogP contribution in [0.15, 0.2) is 46.2 Å². The summed E-state index contributed by atoms with van der Waals surface area (Å²) in [5.41, 5.74) is 1.52. The van der Waals surface area contributed by atoms with Crippen LogP contribution in [-0.2, 0) is 20.0 Å². The molecule has 0 saturated carbocycles. The Morgan fingerprint density at radius 3 is 2.20 bits per heavy atom. The molecule has 0 fully saturated rings. The van der Waals surface area contributed by atoms with Crippen molar-refractivity contribution in [1.82, 2.24) is 4.72 Å². The first-order valence-electron chi connectivity index (χ1n) is 7.32. The second-order valence-electron chi connectivity index (χ2n) is 5.44. The van der Waals surface area contributed by atoms with Crippen molar-refractivity contribution in [1.29, 1.82) is 0 Å². The quantitative estimate of drug-likeness (QED) is 0.793.